The van der Waals surface area contributed by atoms with Gasteiger partial charge in [-0.3, -0.25) is 0 Å². The van der Waals surface area contributed by atoms with E-state index in [4.69, 9.17) is 0 Å². The van der Waals surface area contributed by atoms with E-state index in [0.29, 0.717) is 0 Å². The molecule has 1 nitrogen and oxygen atoms in total. The Hall–Kier alpha value is 0.177. The summed E-state index contributed by atoms with van der Waals surface area (Å²) in [6, 6.07) is 1.46. The maximum absolute atomic E-state index is 3.34. The summed E-state index contributed by atoms with van der Waals surface area (Å²) in [5.74, 6) is 0. The van der Waals surface area contributed by atoms with Crippen LogP contribution in [-0.2, 0) is 0 Å². The molecular formula is C7H19NSi. The minimum atomic E-state index is 0.263. The van der Waals surface area contributed by atoms with Gasteiger partial charge in [0.25, 0.3) is 0 Å². The van der Waals surface area contributed by atoms with Gasteiger partial charge in [0.05, 0.1) is 0 Å². The van der Waals surface area contributed by atoms with E-state index in [1.807, 2.05) is 0 Å². The van der Waals surface area contributed by atoms with Gasteiger partial charge < -0.3 is 5.32 Å². The molecule has 9 heavy (non-hydrogen) atoms. The Kier molecular flexibility index (Phi) is 6.42. The van der Waals surface area contributed by atoms with Crippen LogP contribution in [0.25, 0.3) is 0 Å². The number of hydrogen-bond donors (Lipinski definition) is 1. The van der Waals surface area contributed by atoms with Crippen molar-refractivity contribution in [3.8, 4) is 0 Å². The van der Waals surface area contributed by atoms with E-state index in [0.717, 1.165) is 12.1 Å². The molecule has 0 spiro atoms. The zero-order chi connectivity index (χ0) is 7.11. The average molecular weight is 145 g/mol. The van der Waals surface area contributed by atoms with Crippen molar-refractivity contribution in [2.24, 2.45) is 0 Å². The molecule has 0 aromatic carbocycles. The first-order valence-corrected chi connectivity index (χ1v) is 5.79. The maximum Gasteiger partial charge on any atom is 0.0238 e. The van der Waals surface area contributed by atoms with Gasteiger partial charge >= 0.3 is 0 Å². The van der Waals surface area contributed by atoms with E-state index in [9.17, 15) is 0 Å². The van der Waals surface area contributed by atoms with Crippen molar-refractivity contribution in [3.63, 3.8) is 0 Å². The number of hydrogen-bond acceptors (Lipinski definition) is 1. The zero-order valence-electron chi connectivity index (χ0n) is 6.91. The quantitative estimate of drug-likeness (QED) is 0.450. The Morgan fingerprint density at radius 1 is 1.44 bits per heavy atom. The van der Waals surface area contributed by atoms with E-state index >= 15 is 0 Å². The Balaban J connectivity index is 2.75. The standard InChI is InChI=1S/C7H19NSi/c1-4-8-5-6-9-7(2)3/h7-8H,4-6,9H2,1-3H3. The normalized spacial score (nSPS) is 12.0. The Labute approximate surface area is 61.1 Å². The smallest absolute Gasteiger partial charge is 0.0238 e. The van der Waals surface area contributed by atoms with Crippen molar-refractivity contribution in [3.05, 3.63) is 0 Å². The van der Waals surface area contributed by atoms with Crippen molar-refractivity contribution in [1.82, 2.24) is 5.32 Å². The number of rotatable bonds is 5. The third kappa shape index (κ3) is 8.18. The fraction of sp³-hybridized carbons (Fsp3) is 1.00. The molecule has 0 unspecified atom stereocenters. The Morgan fingerprint density at radius 3 is 2.56 bits per heavy atom. The lowest BCUT2D eigenvalue weighted by atomic mass is 10.6. The van der Waals surface area contributed by atoms with Crippen molar-refractivity contribution in [1.29, 1.82) is 0 Å². The third-order valence-electron chi connectivity index (χ3n) is 1.39. The summed E-state index contributed by atoms with van der Waals surface area (Å²) in [7, 11) is 0.263. The molecule has 56 valence electrons. The molecule has 0 aliphatic rings. The second-order valence-electron chi connectivity index (χ2n) is 2.89. The van der Waals surface area contributed by atoms with Crippen LogP contribution in [0.1, 0.15) is 20.8 Å². The molecular weight excluding hydrogens is 126 g/mol. The van der Waals surface area contributed by atoms with Crippen LogP contribution in [0, 0.1) is 0 Å². The van der Waals surface area contributed by atoms with Gasteiger partial charge in [-0.1, -0.05) is 32.4 Å². The Morgan fingerprint density at radius 2 is 2.11 bits per heavy atom. The molecule has 1 N–H and O–H groups in total. The largest absolute Gasteiger partial charge is 0.317 e. The lowest BCUT2D eigenvalue weighted by molar-refractivity contribution is 0.757. The predicted molar refractivity (Wildman–Crippen MR) is 47.0 cm³/mol. The highest BCUT2D eigenvalue weighted by Gasteiger charge is 1.92. The molecule has 0 saturated heterocycles. The van der Waals surface area contributed by atoms with Crippen molar-refractivity contribution < 1.29 is 0 Å². The monoisotopic (exact) mass is 145 g/mol. The van der Waals surface area contributed by atoms with Gasteiger partial charge in [0.15, 0.2) is 0 Å². The van der Waals surface area contributed by atoms with Crippen LogP contribution in [0.5, 0.6) is 0 Å². The van der Waals surface area contributed by atoms with Crippen LogP contribution in [-0.4, -0.2) is 22.6 Å². The maximum atomic E-state index is 3.34. The van der Waals surface area contributed by atoms with Crippen LogP contribution in [0.15, 0.2) is 0 Å². The molecule has 0 atom stereocenters. The van der Waals surface area contributed by atoms with E-state index in [2.05, 4.69) is 26.1 Å². The summed E-state index contributed by atoms with van der Waals surface area (Å²) < 4.78 is 0. The minimum Gasteiger partial charge on any atom is -0.317 e. The molecule has 2 heteroatoms. The second kappa shape index (κ2) is 6.30. The second-order valence-corrected chi connectivity index (χ2v) is 5.81. The Bertz CT molecular complexity index is 54.9. The van der Waals surface area contributed by atoms with E-state index in [1.165, 1.54) is 12.6 Å². The van der Waals surface area contributed by atoms with Crippen molar-refractivity contribution >= 4 is 9.52 Å². The highest BCUT2D eigenvalue weighted by molar-refractivity contribution is 6.37. The SMILES string of the molecule is CCNCC[SiH2]C(C)C. The van der Waals surface area contributed by atoms with Crippen LogP contribution < -0.4 is 5.32 Å². The summed E-state index contributed by atoms with van der Waals surface area (Å²) >= 11 is 0. The van der Waals surface area contributed by atoms with Gasteiger partial charge in [-0.05, 0) is 13.1 Å². The van der Waals surface area contributed by atoms with E-state index in [-0.39, 0.29) is 9.52 Å². The van der Waals surface area contributed by atoms with Gasteiger partial charge in [0, 0.05) is 9.52 Å². The average Bonchev–Trinajstić information content (AvgIpc) is 1.80. The van der Waals surface area contributed by atoms with E-state index < -0.39 is 0 Å². The summed E-state index contributed by atoms with van der Waals surface area (Å²) in [6.45, 7) is 9.21. The van der Waals surface area contributed by atoms with Crippen LogP contribution in [0.3, 0.4) is 0 Å². The molecule has 0 amide bonds. The summed E-state index contributed by atoms with van der Waals surface area (Å²) in [5.41, 5.74) is 1.00. The summed E-state index contributed by atoms with van der Waals surface area (Å²) in [6.07, 6.45) is 0. The lowest BCUT2D eigenvalue weighted by Gasteiger charge is -2.02. The van der Waals surface area contributed by atoms with Crippen LogP contribution in [0.4, 0.5) is 0 Å². The fourth-order valence-corrected chi connectivity index (χ4v) is 2.08. The molecule has 0 heterocycles. The fourth-order valence-electron chi connectivity index (χ4n) is 0.812. The summed E-state index contributed by atoms with van der Waals surface area (Å²) in [4.78, 5) is 0. The topological polar surface area (TPSA) is 12.0 Å². The predicted octanol–water partition coefficient (Wildman–Crippen LogP) is 1.01. The molecule has 0 aliphatic carbocycles. The van der Waals surface area contributed by atoms with Gasteiger partial charge in [-0.15, -0.1) is 0 Å². The highest BCUT2D eigenvalue weighted by atomic mass is 28.2. The van der Waals surface area contributed by atoms with Crippen LogP contribution in [0.2, 0.25) is 11.6 Å². The van der Waals surface area contributed by atoms with Crippen LogP contribution >= 0.6 is 0 Å². The van der Waals surface area contributed by atoms with Gasteiger partial charge in [-0.2, -0.15) is 0 Å². The first-order chi connectivity index (χ1) is 4.27. The van der Waals surface area contributed by atoms with E-state index in [1.54, 1.807) is 0 Å². The molecule has 0 aromatic heterocycles. The van der Waals surface area contributed by atoms with Crippen molar-refractivity contribution in [2.45, 2.75) is 32.4 Å². The van der Waals surface area contributed by atoms with Crippen molar-refractivity contribution in [2.75, 3.05) is 13.1 Å². The first kappa shape index (κ1) is 9.18. The molecule has 0 fully saturated rings. The number of nitrogens with one attached hydrogen (secondary N) is 1. The van der Waals surface area contributed by atoms with Gasteiger partial charge in [0.1, 0.15) is 0 Å². The molecule has 0 rings (SSSR count). The highest BCUT2D eigenvalue weighted by Crippen LogP contribution is 1.98. The first-order valence-electron chi connectivity index (χ1n) is 3.98. The third-order valence-corrected chi connectivity index (χ3v) is 3.30. The lowest BCUT2D eigenvalue weighted by Crippen LogP contribution is -2.15. The zero-order valence-corrected chi connectivity index (χ0v) is 8.32. The van der Waals surface area contributed by atoms with Gasteiger partial charge in [0.2, 0.25) is 0 Å². The molecule has 0 bridgehead atoms. The molecule has 0 saturated carbocycles. The summed E-state index contributed by atoms with van der Waals surface area (Å²) in [5, 5.41) is 3.34. The van der Waals surface area contributed by atoms with Gasteiger partial charge in [-0.25, -0.2) is 0 Å². The molecule has 0 radical (unpaired) electrons. The molecule has 0 aliphatic heterocycles. The molecule has 0 aromatic rings. The minimum absolute atomic E-state index is 0.263.